The molecule has 0 aliphatic carbocycles. The van der Waals surface area contributed by atoms with Gasteiger partial charge in [0, 0.05) is 12.1 Å². The molecule has 1 aromatic rings. The van der Waals surface area contributed by atoms with Crippen molar-refractivity contribution >= 4 is 53.2 Å². The zero-order valence-electron chi connectivity index (χ0n) is 9.33. The van der Waals surface area contributed by atoms with Crippen LogP contribution in [0.25, 0.3) is 0 Å². The topological polar surface area (TPSA) is 66.4 Å². The van der Waals surface area contributed by atoms with E-state index in [1.807, 2.05) is 0 Å². The number of hydrogen-bond acceptors (Lipinski definition) is 4. The highest BCUT2D eigenvalue weighted by Crippen LogP contribution is 2.35. The lowest BCUT2D eigenvalue weighted by Gasteiger charge is -2.24. The molecule has 0 saturated heterocycles. The number of nitrogens with one attached hydrogen (secondary N) is 1. The first-order chi connectivity index (χ1) is 7.68. The summed E-state index contributed by atoms with van der Waals surface area (Å²) in [5, 5.41) is 8.88. The van der Waals surface area contributed by atoms with Crippen molar-refractivity contribution in [1.29, 1.82) is 0 Å². The molecule has 0 unspecified atom stereocenters. The Bertz CT molecular complexity index is 496. The Morgan fingerprint density at radius 3 is 2.47 bits per heavy atom. The summed E-state index contributed by atoms with van der Waals surface area (Å²) in [6, 6.07) is 1.55. The van der Waals surface area contributed by atoms with E-state index in [9.17, 15) is 8.42 Å². The van der Waals surface area contributed by atoms with E-state index in [0.717, 1.165) is 3.79 Å². The predicted octanol–water partition coefficient (Wildman–Crippen LogP) is 2.71. The molecule has 1 aromatic heterocycles. The second-order valence-corrected chi connectivity index (χ2v) is 9.55. The molecule has 8 heteroatoms. The van der Waals surface area contributed by atoms with Gasteiger partial charge in [0.05, 0.1) is 7.57 Å². The van der Waals surface area contributed by atoms with Crippen LogP contribution in [0.1, 0.15) is 20.3 Å². The highest BCUT2D eigenvalue weighted by atomic mass is 79.9. The maximum absolute atomic E-state index is 12.1. The van der Waals surface area contributed by atoms with Crippen molar-refractivity contribution in [3.05, 3.63) is 13.6 Å². The van der Waals surface area contributed by atoms with Crippen LogP contribution in [-0.4, -0.2) is 25.7 Å². The third-order valence-corrected chi connectivity index (χ3v) is 6.52. The summed E-state index contributed by atoms with van der Waals surface area (Å²) < 4.78 is 28.1. The average molecular weight is 407 g/mol. The van der Waals surface area contributed by atoms with Crippen molar-refractivity contribution in [2.24, 2.45) is 0 Å². The number of thiophene rings is 1. The van der Waals surface area contributed by atoms with Crippen molar-refractivity contribution in [2.75, 3.05) is 6.61 Å². The summed E-state index contributed by atoms with van der Waals surface area (Å²) in [6.45, 7) is 3.40. The van der Waals surface area contributed by atoms with E-state index >= 15 is 0 Å². The fraction of sp³-hybridized carbons (Fsp3) is 0.556. The standard InChI is InChI=1S/C9H13Br2NO3S2/c1-9(2,3-4-13)12-17(14,15)6-5-7(10)16-8(6)11/h5,12-13H,3-4H2,1-2H3. The molecule has 0 fully saturated rings. The summed E-state index contributed by atoms with van der Waals surface area (Å²) >= 11 is 7.76. The Hall–Kier alpha value is 0.530. The minimum Gasteiger partial charge on any atom is -0.396 e. The predicted molar refractivity (Wildman–Crippen MR) is 75.8 cm³/mol. The van der Waals surface area contributed by atoms with E-state index < -0.39 is 15.6 Å². The second-order valence-electron chi connectivity index (χ2n) is 4.15. The summed E-state index contributed by atoms with van der Waals surface area (Å²) in [7, 11) is -3.58. The van der Waals surface area contributed by atoms with Gasteiger partial charge in [-0.3, -0.25) is 0 Å². The maximum Gasteiger partial charge on any atom is 0.243 e. The molecule has 98 valence electrons. The monoisotopic (exact) mass is 405 g/mol. The van der Waals surface area contributed by atoms with Crippen molar-refractivity contribution in [3.63, 3.8) is 0 Å². The molecule has 0 spiro atoms. The minimum atomic E-state index is -3.58. The van der Waals surface area contributed by atoms with Crippen LogP contribution in [0, 0.1) is 0 Å². The number of aliphatic hydroxyl groups is 1. The van der Waals surface area contributed by atoms with E-state index in [4.69, 9.17) is 5.11 Å². The fourth-order valence-corrected chi connectivity index (χ4v) is 6.51. The minimum absolute atomic E-state index is 0.0655. The smallest absolute Gasteiger partial charge is 0.243 e. The number of hydrogen-bond donors (Lipinski definition) is 2. The van der Waals surface area contributed by atoms with Gasteiger partial charge in [-0.05, 0) is 58.2 Å². The van der Waals surface area contributed by atoms with Gasteiger partial charge in [0.1, 0.15) is 4.90 Å². The third-order valence-electron chi connectivity index (χ3n) is 2.06. The lowest BCUT2D eigenvalue weighted by molar-refractivity contribution is 0.245. The number of halogens is 2. The molecule has 0 bridgehead atoms. The SMILES string of the molecule is CC(C)(CCO)NS(=O)(=O)c1cc(Br)sc1Br. The zero-order chi connectivity index (χ0) is 13.3. The van der Waals surface area contributed by atoms with Gasteiger partial charge in [0.15, 0.2) is 0 Å². The lowest BCUT2D eigenvalue weighted by atomic mass is 10.0. The highest BCUT2D eigenvalue weighted by molar-refractivity contribution is 9.12. The molecular formula is C9H13Br2NO3S2. The summed E-state index contributed by atoms with van der Waals surface area (Å²) in [4.78, 5) is 0.209. The van der Waals surface area contributed by atoms with E-state index in [2.05, 4.69) is 36.6 Å². The summed E-state index contributed by atoms with van der Waals surface area (Å²) in [5.41, 5.74) is -0.679. The van der Waals surface area contributed by atoms with Gasteiger partial charge in [-0.15, -0.1) is 11.3 Å². The molecular weight excluding hydrogens is 394 g/mol. The number of rotatable bonds is 5. The molecule has 0 saturated carbocycles. The fourth-order valence-electron chi connectivity index (χ4n) is 1.26. The molecule has 0 aliphatic rings. The summed E-state index contributed by atoms with van der Waals surface area (Å²) in [6.07, 6.45) is 0.356. The highest BCUT2D eigenvalue weighted by Gasteiger charge is 2.28. The van der Waals surface area contributed by atoms with E-state index in [1.54, 1.807) is 19.9 Å². The van der Waals surface area contributed by atoms with Gasteiger partial charge in [-0.1, -0.05) is 0 Å². The van der Waals surface area contributed by atoms with Crippen molar-refractivity contribution in [3.8, 4) is 0 Å². The molecule has 0 aliphatic heterocycles. The quantitative estimate of drug-likeness (QED) is 0.789. The molecule has 1 heterocycles. The van der Waals surface area contributed by atoms with Gasteiger partial charge < -0.3 is 5.11 Å². The van der Waals surface area contributed by atoms with Gasteiger partial charge in [-0.2, -0.15) is 0 Å². The van der Waals surface area contributed by atoms with Crippen LogP contribution >= 0.6 is 43.2 Å². The molecule has 4 nitrogen and oxygen atoms in total. The Morgan fingerprint density at radius 1 is 1.47 bits per heavy atom. The number of sulfonamides is 1. The molecule has 0 radical (unpaired) electrons. The maximum atomic E-state index is 12.1. The van der Waals surface area contributed by atoms with Crippen molar-refractivity contribution < 1.29 is 13.5 Å². The molecule has 17 heavy (non-hydrogen) atoms. The van der Waals surface area contributed by atoms with Crippen LogP contribution in [0.4, 0.5) is 0 Å². The largest absolute Gasteiger partial charge is 0.396 e. The van der Waals surface area contributed by atoms with Crippen LogP contribution in [-0.2, 0) is 10.0 Å². The average Bonchev–Trinajstić information content (AvgIpc) is 2.43. The Balaban J connectivity index is 3.01. The lowest BCUT2D eigenvalue weighted by Crippen LogP contribution is -2.43. The molecule has 0 amide bonds. The molecule has 1 rings (SSSR count). The van der Waals surface area contributed by atoms with Crippen LogP contribution in [0.5, 0.6) is 0 Å². The van der Waals surface area contributed by atoms with Gasteiger partial charge >= 0.3 is 0 Å². The normalized spacial score (nSPS) is 13.0. The Kier molecular flexibility index (Phi) is 5.19. The zero-order valence-corrected chi connectivity index (χ0v) is 14.1. The first-order valence-electron chi connectivity index (χ1n) is 4.77. The van der Waals surface area contributed by atoms with Gasteiger partial charge in [0.2, 0.25) is 10.0 Å². The Labute approximate surface area is 122 Å². The first kappa shape index (κ1) is 15.6. The van der Waals surface area contributed by atoms with Crippen LogP contribution in [0.3, 0.4) is 0 Å². The van der Waals surface area contributed by atoms with Crippen LogP contribution in [0.2, 0.25) is 0 Å². The molecule has 0 aromatic carbocycles. The van der Waals surface area contributed by atoms with E-state index in [0.29, 0.717) is 10.2 Å². The van der Waals surface area contributed by atoms with Gasteiger partial charge in [0.25, 0.3) is 0 Å². The Morgan fingerprint density at radius 2 is 2.06 bits per heavy atom. The van der Waals surface area contributed by atoms with E-state index in [1.165, 1.54) is 11.3 Å². The van der Waals surface area contributed by atoms with Crippen LogP contribution in [0.15, 0.2) is 18.5 Å². The molecule has 0 atom stereocenters. The number of aliphatic hydroxyl groups excluding tert-OH is 1. The molecule has 2 N–H and O–H groups in total. The third kappa shape index (κ3) is 4.29. The second kappa shape index (κ2) is 5.66. The summed E-state index contributed by atoms with van der Waals surface area (Å²) in [5.74, 6) is 0. The van der Waals surface area contributed by atoms with Gasteiger partial charge in [-0.25, -0.2) is 13.1 Å². The van der Waals surface area contributed by atoms with Crippen LogP contribution < -0.4 is 4.72 Å². The van der Waals surface area contributed by atoms with E-state index in [-0.39, 0.29) is 11.5 Å². The van der Waals surface area contributed by atoms with Crippen molar-refractivity contribution in [2.45, 2.75) is 30.7 Å². The van der Waals surface area contributed by atoms with Crippen molar-refractivity contribution in [1.82, 2.24) is 4.72 Å². The first-order valence-corrected chi connectivity index (χ1v) is 8.66.